The number of pyridine rings is 1. The van der Waals surface area contributed by atoms with Gasteiger partial charge in [-0.3, -0.25) is 4.57 Å². The first-order chi connectivity index (χ1) is 9.60. The predicted octanol–water partition coefficient (Wildman–Crippen LogP) is 4.21. The van der Waals surface area contributed by atoms with Gasteiger partial charge in [0, 0.05) is 9.26 Å². The predicted molar refractivity (Wildman–Crippen MR) is 85.8 cm³/mol. The molecule has 0 fully saturated rings. The van der Waals surface area contributed by atoms with Crippen LogP contribution in [0, 0.1) is 16.3 Å². The Bertz CT molecular complexity index is 800. The number of fused-ring (bicyclic) bond motifs is 1. The quantitative estimate of drug-likeness (QED) is 0.476. The van der Waals surface area contributed by atoms with Crippen molar-refractivity contribution in [2.45, 2.75) is 12.8 Å². The lowest BCUT2D eigenvalue weighted by Gasteiger charge is -2.09. The number of imidazole rings is 1. The standard InChI is InChI=1S/C14H10ClFIN3/c1-8-2-4-11-14(18-8)20(13(7-15)19-11)12-5-3-9(16)6-10(12)17/h2-6H,7H2,1H3. The van der Waals surface area contributed by atoms with Crippen molar-refractivity contribution >= 4 is 45.4 Å². The number of hydrogen-bond donors (Lipinski definition) is 0. The Balaban J connectivity index is 2.36. The molecule has 20 heavy (non-hydrogen) atoms. The molecule has 3 rings (SSSR count). The number of alkyl halides is 1. The van der Waals surface area contributed by atoms with Crippen LogP contribution in [0.15, 0.2) is 30.3 Å². The van der Waals surface area contributed by atoms with E-state index in [4.69, 9.17) is 11.6 Å². The highest BCUT2D eigenvalue weighted by molar-refractivity contribution is 14.1. The fraction of sp³-hybridized carbons (Fsp3) is 0.143. The smallest absolute Gasteiger partial charge is 0.164 e. The van der Waals surface area contributed by atoms with Gasteiger partial charge in [0.25, 0.3) is 0 Å². The third kappa shape index (κ3) is 2.29. The summed E-state index contributed by atoms with van der Waals surface area (Å²) in [5.74, 6) is 0.700. The lowest BCUT2D eigenvalue weighted by Crippen LogP contribution is -2.03. The minimum Gasteiger partial charge on any atom is -0.279 e. The number of aryl methyl sites for hydroxylation is 1. The van der Waals surface area contributed by atoms with Gasteiger partial charge in [-0.05, 0) is 59.8 Å². The molecule has 0 amide bonds. The second-order valence-electron chi connectivity index (χ2n) is 4.39. The molecule has 2 aromatic heterocycles. The monoisotopic (exact) mass is 401 g/mol. The number of benzene rings is 1. The van der Waals surface area contributed by atoms with Crippen LogP contribution in [0.25, 0.3) is 16.9 Å². The first kappa shape index (κ1) is 13.8. The number of aromatic nitrogens is 3. The van der Waals surface area contributed by atoms with Crippen molar-refractivity contribution in [3.8, 4) is 5.69 Å². The van der Waals surface area contributed by atoms with Crippen LogP contribution in [0.2, 0.25) is 0 Å². The van der Waals surface area contributed by atoms with Crippen molar-refractivity contribution in [3.05, 3.63) is 51.2 Å². The Kier molecular flexibility index (Phi) is 3.64. The van der Waals surface area contributed by atoms with Gasteiger partial charge in [-0.25, -0.2) is 14.4 Å². The minimum absolute atomic E-state index is 0.265. The molecule has 102 valence electrons. The maximum atomic E-state index is 13.3. The summed E-state index contributed by atoms with van der Waals surface area (Å²) in [6, 6.07) is 8.46. The molecule has 0 spiro atoms. The highest BCUT2D eigenvalue weighted by Gasteiger charge is 2.15. The normalized spacial score (nSPS) is 11.2. The molecule has 0 aliphatic rings. The molecule has 6 heteroatoms. The lowest BCUT2D eigenvalue weighted by atomic mass is 10.3. The van der Waals surface area contributed by atoms with Gasteiger partial charge >= 0.3 is 0 Å². The fourth-order valence-corrected chi connectivity index (χ4v) is 3.00. The van der Waals surface area contributed by atoms with E-state index in [1.807, 2.05) is 23.6 Å². The minimum atomic E-state index is -0.265. The van der Waals surface area contributed by atoms with E-state index in [-0.39, 0.29) is 11.7 Å². The van der Waals surface area contributed by atoms with Crippen LogP contribution >= 0.6 is 34.2 Å². The number of halogens is 3. The summed E-state index contributed by atoms with van der Waals surface area (Å²) in [4.78, 5) is 9.01. The zero-order valence-corrected chi connectivity index (χ0v) is 13.5. The Morgan fingerprint density at radius 3 is 2.75 bits per heavy atom. The molecule has 3 aromatic rings. The largest absolute Gasteiger partial charge is 0.279 e. The van der Waals surface area contributed by atoms with E-state index in [1.54, 1.807) is 6.07 Å². The summed E-state index contributed by atoms with van der Waals surface area (Å²) >= 11 is 8.09. The lowest BCUT2D eigenvalue weighted by molar-refractivity contribution is 0.626. The summed E-state index contributed by atoms with van der Waals surface area (Å²) in [5.41, 5.74) is 3.26. The first-order valence-electron chi connectivity index (χ1n) is 5.96. The average molecular weight is 402 g/mol. The van der Waals surface area contributed by atoms with Crippen molar-refractivity contribution in [2.75, 3.05) is 0 Å². The summed E-state index contributed by atoms with van der Waals surface area (Å²) in [5, 5.41) is 0. The summed E-state index contributed by atoms with van der Waals surface area (Å²) < 4.78 is 16.0. The average Bonchev–Trinajstić information content (AvgIpc) is 2.76. The molecule has 0 aliphatic heterocycles. The van der Waals surface area contributed by atoms with E-state index < -0.39 is 0 Å². The van der Waals surface area contributed by atoms with Crippen LogP contribution in [0.3, 0.4) is 0 Å². The Hall–Kier alpha value is -1.21. The van der Waals surface area contributed by atoms with Gasteiger partial charge in [-0.1, -0.05) is 0 Å². The third-order valence-electron chi connectivity index (χ3n) is 2.98. The topological polar surface area (TPSA) is 30.7 Å². The van der Waals surface area contributed by atoms with Crippen molar-refractivity contribution in [1.82, 2.24) is 14.5 Å². The van der Waals surface area contributed by atoms with Crippen LogP contribution in [-0.4, -0.2) is 14.5 Å². The number of nitrogens with zero attached hydrogens (tertiary/aromatic N) is 3. The van der Waals surface area contributed by atoms with Crippen molar-refractivity contribution < 1.29 is 4.39 Å². The van der Waals surface area contributed by atoms with Gasteiger partial charge in [0.05, 0.1) is 11.6 Å². The van der Waals surface area contributed by atoms with Gasteiger partial charge < -0.3 is 0 Å². The molecule has 0 saturated heterocycles. The van der Waals surface area contributed by atoms with Crippen LogP contribution < -0.4 is 0 Å². The summed E-state index contributed by atoms with van der Waals surface area (Å²) in [7, 11) is 0. The fourth-order valence-electron chi connectivity index (χ4n) is 2.10. The molecule has 0 atom stereocenters. The van der Waals surface area contributed by atoms with Crippen molar-refractivity contribution in [2.24, 2.45) is 0 Å². The highest BCUT2D eigenvalue weighted by atomic mass is 127. The maximum Gasteiger partial charge on any atom is 0.164 e. The molecule has 0 unspecified atom stereocenters. The van der Waals surface area contributed by atoms with Crippen molar-refractivity contribution in [1.29, 1.82) is 0 Å². The van der Waals surface area contributed by atoms with E-state index in [2.05, 4.69) is 32.6 Å². The van der Waals surface area contributed by atoms with Crippen LogP contribution in [-0.2, 0) is 5.88 Å². The highest BCUT2D eigenvalue weighted by Crippen LogP contribution is 2.25. The van der Waals surface area contributed by atoms with Gasteiger partial charge in [0.1, 0.15) is 17.2 Å². The van der Waals surface area contributed by atoms with E-state index in [1.165, 1.54) is 12.1 Å². The van der Waals surface area contributed by atoms with Gasteiger partial charge in [0.15, 0.2) is 5.65 Å². The molecular weight excluding hydrogens is 392 g/mol. The summed E-state index contributed by atoms with van der Waals surface area (Å²) in [6.45, 7) is 1.92. The Labute approximate surface area is 133 Å². The molecular formula is C14H10ClFIN3. The van der Waals surface area contributed by atoms with E-state index >= 15 is 0 Å². The van der Waals surface area contributed by atoms with Crippen molar-refractivity contribution in [3.63, 3.8) is 0 Å². The maximum absolute atomic E-state index is 13.3. The third-order valence-corrected chi connectivity index (χ3v) is 4.09. The molecule has 0 bridgehead atoms. The molecule has 3 nitrogen and oxygen atoms in total. The van der Waals surface area contributed by atoms with Crippen LogP contribution in [0.4, 0.5) is 4.39 Å². The van der Waals surface area contributed by atoms with E-state index in [9.17, 15) is 4.39 Å². The first-order valence-corrected chi connectivity index (χ1v) is 7.58. The molecule has 2 heterocycles. The second-order valence-corrected chi connectivity index (χ2v) is 5.82. The SMILES string of the molecule is Cc1ccc2nc(CCl)n(-c3ccc(F)cc3I)c2n1. The number of hydrogen-bond acceptors (Lipinski definition) is 2. The second kappa shape index (κ2) is 5.29. The van der Waals surface area contributed by atoms with Crippen LogP contribution in [0.5, 0.6) is 0 Å². The molecule has 0 radical (unpaired) electrons. The van der Waals surface area contributed by atoms with Crippen LogP contribution in [0.1, 0.15) is 11.5 Å². The zero-order chi connectivity index (χ0) is 14.3. The zero-order valence-electron chi connectivity index (χ0n) is 10.6. The number of rotatable bonds is 2. The Morgan fingerprint density at radius 2 is 2.05 bits per heavy atom. The summed E-state index contributed by atoms with van der Waals surface area (Å²) in [6.07, 6.45) is 0. The van der Waals surface area contributed by atoms with E-state index in [0.29, 0.717) is 5.82 Å². The molecule has 0 N–H and O–H groups in total. The van der Waals surface area contributed by atoms with Gasteiger partial charge in [-0.2, -0.15) is 0 Å². The van der Waals surface area contributed by atoms with Gasteiger partial charge in [0.2, 0.25) is 0 Å². The molecule has 0 saturated carbocycles. The van der Waals surface area contributed by atoms with E-state index in [0.717, 1.165) is 26.1 Å². The van der Waals surface area contributed by atoms with Gasteiger partial charge in [-0.15, -0.1) is 11.6 Å². The Morgan fingerprint density at radius 1 is 1.25 bits per heavy atom. The molecule has 0 aliphatic carbocycles. The molecule has 1 aromatic carbocycles.